The van der Waals surface area contributed by atoms with E-state index >= 15 is 0 Å². The van der Waals surface area contributed by atoms with Crippen molar-refractivity contribution in [2.45, 2.75) is 46.1 Å². The molecular weight excluding hydrogens is 360 g/mol. The molecule has 0 bridgehead atoms. The van der Waals surface area contributed by atoms with Crippen LogP contribution in [0.5, 0.6) is 5.75 Å². The summed E-state index contributed by atoms with van der Waals surface area (Å²) in [4.78, 5) is 20.9. The molecule has 1 fully saturated rings. The Morgan fingerprint density at radius 1 is 1.32 bits per heavy atom. The summed E-state index contributed by atoms with van der Waals surface area (Å²) in [7, 11) is 1.65. The number of hydrogen-bond donors (Lipinski definition) is 0. The van der Waals surface area contributed by atoms with Gasteiger partial charge in [-0.15, -0.1) is 0 Å². The predicted octanol–water partition coefficient (Wildman–Crippen LogP) is 2.02. The van der Waals surface area contributed by atoms with Gasteiger partial charge in [-0.25, -0.2) is 0 Å². The number of carbonyl (C=O) groups excluding carboxylic acids is 1. The van der Waals surface area contributed by atoms with E-state index in [-0.39, 0.29) is 24.7 Å². The van der Waals surface area contributed by atoms with E-state index in [1.165, 1.54) is 0 Å². The minimum atomic E-state index is -0.140. The molecule has 0 saturated carbocycles. The molecule has 8 nitrogen and oxygen atoms in total. The van der Waals surface area contributed by atoms with Crippen LogP contribution in [-0.4, -0.2) is 64.7 Å². The third-order valence-corrected chi connectivity index (χ3v) is 4.72. The van der Waals surface area contributed by atoms with Crippen molar-refractivity contribution in [2.75, 3.05) is 26.7 Å². The first-order valence-corrected chi connectivity index (χ1v) is 9.50. The van der Waals surface area contributed by atoms with Crippen molar-refractivity contribution in [3.63, 3.8) is 0 Å². The number of amides is 1. The molecule has 0 spiro atoms. The molecule has 1 saturated heterocycles. The van der Waals surface area contributed by atoms with Gasteiger partial charge in [0.25, 0.3) is 0 Å². The van der Waals surface area contributed by atoms with Crippen molar-refractivity contribution in [3.05, 3.63) is 41.5 Å². The van der Waals surface area contributed by atoms with E-state index in [0.717, 1.165) is 11.3 Å². The topological polar surface area (TPSA) is 80.9 Å². The standard InChI is InChI=1S/C20H28N4O4/c1-14(2)24-11-18(27-13-19-21-15(3)28-22-19)10-23(12-20(24)25)9-16-6-5-7-17(8-16)26-4/h5-8,14,18H,9-13H2,1-4H3. The Balaban J connectivity index is 1.71. The minimum absolute atomic E-state index is 0.111. The summed E-state index contributed by atoms with van der Waals surface area (Å²) in [5.41, 5.74) is 1.10. The van der Waals surface area contributed by atoms with Crippen LogP contribution in [0.15, 0.2) is 28.8 Å². The van der Waals surface area contributed by atoms with Crippen molar-refractivity contribution >= 4 is 5.91 Å². The van der Waals surface area contributed by atoms with Gasteiger partial charge in [-0.3, -0.25) is 9.69 Å². The Labute approximate surface area is 165 Å². The fraction of sp³-hybridized carbons (Fsp3) is 0.550. The maximum atomic E-state index is 12.8. The van der Waals surface area contributed by atoms with Crippen molar-refractivity contribution < 1.29 is 18.8 Å². The Hall–Kier alpha value is -2.45. The van der Waals surface area contributed by atoms with Gasteiger partial charge in [0.1, 0.15) is 12.4 Å². The molecule has 8 heteroatoms. The van der Waals surface area contributed by atoms with Gasteiger partial charge in [0, 0.05) is 32.6 Å². The third kappa shape index (κ3) is 5.30. The van der Waals surface area contributed by atoms with Crippen molar-refractivity contribution in [3.8, 4) is 5.75 Å². The van der Waals surface area contributed by atoms with Gasteiger partial charge >= 0.3 is 0 Å². The molecule has 1 aliphatic heterocycles. The molecule has 2 heterocycles. The molecule has 1 atom stereocenters. The van der Waals surface area contributed by atoms with Crippen LogP contribution in [0.1, 0.15) is 31.1 Å². The average Bonchev–Trinajstić information content (AvgIpc) is 3.01. The van der Waals surface area contributed by atoms with E-state index in [9.17, 15) is 4.79 Å². The van der Waals surface area contributed by atoms with Crippen molar-refractivity contribution in [1.82, 2.24) is 19.9 Å². The zero-order valence-electron chi connectivity index (χ0n) is 16.9. The van der Waals surface area contributed by atoms with Crippen LogP contribution in [0.2, 0.25) is 0 Å². The quantitative estimate of drug-likeness (QED) is 0.718. The van der Waals surface area contributed by atoms with Gasteiger partial charge in [0.15, 0.2) is 5.82 Å². The lowest BCUT2D eigenvalue weighted by molar-refractivity contribution is -0.133. The number of rotatable bonds is 7. The molecular formula is C20H28N4O4. The second-order valence-corrected chi connectivity index (χ2v) is 7.32. The van der Waals surface area contributed by atoms with E-state index in [1.54, 1.807) is 14.0 Å². The molecule has 0 aliphatic carbocycles. The highest BCUT2D eigenvalue weighted by molar-refractivity contribution is 5.79. The lowest BCUT2D eigenvalue weighted by atomic mass is 10.2. The van der Waals surface area contributed by atoms with Crippen LogP contribution in [0.25, 0.3) is 0 Å². The van der Waals surface area contributed by atoms with Gasteiger partial charge < -0.3 is 18.9 Å². The van der Waals surface area contributed by atoms with Crippen molar-refractivity contribution in [1.29, 1.82) is 0 Å². The number of aryl methyl sites for hydroxylation is 1. The molecule has 1 aliphatic rings. The summed E-state index contributed by atoms with van der Waals surface area (Å²) in [6, 6.07) is 8.02. The fourth-order valence-corrected chi connectivity index (χ4v) is 3.36. The Morgan fingerprint density at radius 2 is 2.14 bits per heavy atom. The van der Waals surface area contributed by atoms with E-state index in [0.29, 0.717) is 37.9 Å². The molecule has 1 unspecified atom stereocenters. The molecule has 28 heavy (non-hydrogen) atoms. The molecule has 1 aromatic carbocycles. The lowest BCUT2D eigenvalue weighted by Crippen LogP contribution is -2.42. The summed E-state index contributed by atoms with van der Waals surface area (Å²) < 4.78 is 16.4. The summed E-state index contributed by atoms with van der Waals surface area (Å²) in [6.07, 6.45) is -0.140. The number of hydrogen-bond acceptors (Lipinski definition) is 7. The second-order valence-electron chi connectivity index (χ2n) is 7.32. The van der Waals surface area contributed by atoms with Crippen LogP contribution in [0, 0.1) is 6.92 Å². The second kappa shape index (κ2) is 9.16. The van der Waals surface area contributed by atoms with Crippen LogP contribution in [-0.2, 0) is 22.7 Å². The van der Waals surface area contributed by atoms with E-state index in [1.807, 2.05) is 43.0 Å². The predicted molar refractivity (Wildman–Crippen MR) is 103 cm³/mol. The average molecular weight is 388 g/mol. The van der Waals surface area contributed by atoms with Gasteiger partial charge in [0.05, 0.1) is 19.8 Å². The highest BCUT2D eigenvalue weighted by Gasteiger charge is 2.30. The smallest absolute Gasteiger partial charge is 0.237 e. The SMILES string of the molecule is COc1cccc(CN2CC(=O)N(C(C)C)CC(OCc3noc(C)n3)C2)c1. The van der Waals surface area contributed by atoms with Crippen LogP contribution in [0.3, 0.4) is 0 Å². The highest BCUT2D eigenvalue weighted by atomic mass is 16.5. The zero-order valence-corrected chi connectivity index (χ0v) is 16.9. The molecule has 1 amide bonds. The molecule has 3 rings (SSSR count). The Bertz CT molecular complexity index is 792. The highest BCUT2D eigenvalue weighted by Crippen LogP contribution is 2.18. The number of methoxy groups -OCH3 is 1. The van der Waals surface area contributed by atoms with Crippen molar-refractivity contribution in [2.24, 2.45) is 0 Å². The monoisotopic (exact) mass is 388 g/mol. The van der Waals surface area contributed by atoms with E-state index in [4.69, 9.17) is 14.0 Å². The van der Waals surface area contributed by atoms with Gasteiger partial charge in [-0.05, 0) is 31.5 Å². The largest absolute Gasteiger partial charge is 0.497 e. The number of ether oxygens (including phenoxy) is 2. The molecule has 2 aromatic rings. The molecule has 1 aromatic heterocycles. The number of carbonyl (C=O) groups is 1. The summed E-state index contributed by atoms with van der Waals surface area (Å²) in [6.45, 7) is 8.24. The van der Waals surface area contributed by atoms with Crippen LogP contribution < -0.4 is 4.74 Å². The third-order valence-electron chi connectivity index (χ3n) is 4.72. The normalized spacial score (nSPS) is 18.5. The lowest BCUT2D eigenvalue weighted by Gasteiger charge is -2.27. The Kier molecular flexibility index (Phi) is 6.64. The van der Waals surface area contributed by atoms with E-state index in [2.05, 4.69) is 15.0 Å². The maximum Gasteiger partial charge on any atom is 0.237 e. The first-order valence-electron chi connectivity index (χ1n) is 9.50. The number of nitrogens with zero attached hydrogens (tertiary/aromatic N) is 4. The van der Waals surface area contributed by atoms with Gasteiger partial charge in [0.2, 0.25) is 11.8 Å². The number of benzene rings is 1. The molecule has 0 N–H and O–H groups in total. The number of aromatic nitrogens is 2. The van der Waals surface area contributed by atoms with Crippen LogP contribution >= 0.6 is 0 Å². The van der Waals surface area contributed by atoms with Crippen LogP contribution in [0.4, 0.5) is 0 Å². The van der Waals surface area contributed by atoms with Gasteiger partial charge in [-0.2, -0.15) is 4.98 Å². The summed E-state index contributed by atoms with van der Waals surface area (Å²) >= 11 is 0. The molecule has 152 valence electrons. The summed E-state index contributed by atoms with van der Waals surface area (Å²) in [5.74, 6) is 1.95. The van der Waals surface area contributed by atoms with E-state index < -0.39 is 0 Å². The Morgan fingerprint density at radius 3 is 2.82 bits per heavy atom. The first-order chi connectivity index (χ1) is 13.4. The maximum absolute atomic E-state index is 12.8. The summed E-state index contributed by atoms with van der Waals surface area (Å²) in [5, 5.41) is 3.88. The minimum Gasteiger partial charge on any atom is -0.497 e. The fourth-order valence-electron chi connectivity index (χ4n) is 3.36. The van der Waals surface area contributed by atoms with Gasteiger partial charge in [-0.1, -0.05) is 17.3 Å². The first kappa shape index (κ1) is 20.3. The zero-order chi connectivity index (χ0) is 20.1. The molecule has 0 radical (unpaired) electrons.